The fourth-order valence-electron chi connectivity index (χ4n) is 0.958. The molecule has 0 saturated heterocycles. The summed E-state index contributed by atoms with van der Waals surface area (Å²) in [5.74, 6) is 0.474. The van der Waals surface area contributed by atoms with E-state index >= 15 is 0 Å². The largest absolute Gasteiger partial charge is 0.419 e. The summed E-state index contributed by atoms with van der Waals surface area (Å²) in [6.45, 7) is 0. The van der Waals surface area contributed by atoms with Gasteiger partial charge in [-0.1, -0.05) is 0 Å². The Kier molecular flexibility index (Phi) is 2.43. The van der Waals surface area contributed by atoms with Gasteiger partial charge in [-0.3, -0.25) is 0 Å². The number of anilines is 1. The van der Waals surface area contributed by atoms with Crippen LogP contribution in [-0.4, -0.2) is 4.98 Å². The standard InChI is InChI=1S/C8H4IN3OS/c9-6-1-4(3-14-6)8-12-5(2-10)7(11)13-8/h1,3H,11H2. The monoisotopic (exact) mass is 317 g/mol. The first-order valence-electron chi connectivity index (χ1n) is 3.61. The number of hydrogen-bond donors (Lipinski definition) is 1. The van der Waals surface area contributed by atoms with Crippen LogP contribution in [0, 0.1) is 14.2 Å². The molecule has 0 aliphatic heterocycles. The fraction of sp³-hybridized carbons (Fsp3) is 0. The summed E-state index contributed by atoms with van der Waals surface area (Å²) in [6.07, 6.45) is 0. The van der Waals surface area contributed by atoms with Crippen molar-refractivity contribution in [1.82, 2.24) is 4.98 Å². The van der Waals surface area contributed by atoms with E-state index < -0.39 is 0 Å². The highest BCUT2D eigenvalue weighted by Crippen LogP contribution is 2.28. The van der Waals surface area contributed by atoms with E-state index in [2.05, 4.69) is 27.6 Å². The first kappa shape index (κ1) is 9.48. The van der Waals surface area contributed by atoms with Gasteiger partial charge in [0.25, 0.3) is 0 Å². The number of nitrogen functional groups attached to an aromatic ring is 1. The molecule has 0 aliphatic carbocycles. The third-order valence-electron chi connectivity index (χ3n) is 1.57. The number of rotatable bonds is 1. The molecule has 2 N–H and O–H groups in total. The molecular formula is C8H4IN3OS. The molecule has 2 aromatic rings. The number of hydrogen-bond acceptors (Lipinski definition) is 5. The van der Waals surface area contributed by atoms with Gasteiger partial charge in [0, 0.05) is 10.9 Å². The summed E-state index contributed by atoms with van der Waals surface area (Å²) < 4.78 is 6.28. The van der Waals surface area contributed by atoms with E-state index in [9.17, 15) is 0 Å². The summed E-state index contributed by atoms with van der Waals surface area (Å²) in [5, 5.41) is 10.5. The van der Waals surface area contributed by atoms with Crippen LogP contribution in [0.1, 0.15) is 5.69 Å². The molecule has 0 unspecified atom stereocenters. The number of aromatic nitrogens is 1. The highest BCUT2D eigenvalue weighted by atomic mass is 127. The predicted octanol–water partition coefficient (Wildman–Crippen LogP) is 2.46. The maximum absolute atomic E-state index is 8.63. The van der Waals surface area contributed by atoms with Crippen molar-refractivity contribution >= 4 is 39.8 Å². The third-order valence-corrected chi connectivity index (χ3v) is 3.36. The van der Waals surface area contributed by atoms with Crippen molar-refractivity contribution in [3.05, 3.63) is 20.0 Å². The lowest BCUT2D eigenvalue weighted by Gasteiger charge is -1.85. The molecule has 0 amide bonds. The summed E-state index contributed by atoms with van der Waals surface area (Å²) in [6, 6.07) is 3.79. The topological polar surface area (TPSA) is 75.8 Å². The molecule has 2 heterocycles. The maximum Gasteiger partial charge on any atom is 0.230 e. The minimum Gasteiger partial charge on any atom is -0.419 e. The Morgan fingerprint density at radius 3 is 2.93 bits per heavy atom. The van der Waals surface area contributed by atoms with E-state index in [1.54, 1.807) is 11.3 Å². The van der Waals surface area contributed by atoms with Crippen molar-refractivity contribution in [3.8, 4) is 17.5 Å². The van der Waals surface area contributed by atoms with Gasteiger partial charge in [-0.25, -0.2) is 0 Å². The van der Waals surface area contributed by atoms with Gasteiger partial charge in [0.15, 0.2) is 0 Å². The lowest BCUT2D eigenvalue weighted by Crippen LogP contribution is -1.83. The van der Waals surface area contributed by atoms with Crippen LogP contribution in [0.3, 0.4) is 0 Å². The average molecular weight is 317 g/mol. The Hall–Kier alpha value is -1.07. The predicted molar refractivity (Wildman–Crippen MR) is 61.7 cm³/mol. The molecule has 0 saturated carbocycles. The molecule has 0 aromatic carbocycles. The van der Waals surface area contributed by atoms with Crippen LogP contribution in [0.4, 0.5) is 5.88 Å². The average Bonchev–Trinajstić information content (AvgIpc) is 2.71. The first-order chi connectivity index (χ1) is 6.70. The third kappa shape index (κ3) is 1.60. The van der Waals surface area contributed by atoms with E-state index in [-0.39, 0.29) is 11.6 Å². The van der Waals surface area contributed by atoms with Gasteiger partial charge in [-0.2, -0.15) is 10.2 Å². The number of halogens is 1. The fourth-order valence-corrected chi connectivity index (χ4v) is 2.28. The highest BCUT2D eigenvalue weighted by molar-refractivity contribution is 14.1. The van der Waals surface area contributed by atoms with E-state index in [4.69, 9.17) is 15.4 Å². The summed E-state index contributed by atoms with van der Waals surface area (Å²) in [7, 11) is 0. The van der Waals surface area contributed by atoms with E-state index in [0.29, 0.717) is 5.89 Å². The molecule has 70 valence electrons. The molecule has 0 fully saturated rings. The van der Waals surface area contributed by atoms with E-state index in [1.807, 2.05) is 17.5 Å². The van der Waals surface area contributed by atoms with Gasteiger partial charge in [-0.05, 0) is 28.7 Å². The molecule has 0 aliphatic rings. The first-order valence-corrected chi connectivity index (χ1v) is 5.57. The van der Waals surface area contributed by atoms with Gasteiger partial charge >= 0.3 is 0 Å². The van der Waals surface area contributed by atoms with Crippen molar-refractivity contribution in [2.24, 2.45) is 0 Å². The van der Waals surface area contributed by atoms with E-state index in [1.165, 1.54) is 0 Å². The number of nitriles is 1. The normalized spacial score (nSPS) is 10.0. The summed E-state index contributed by atoms with van der Waals surface area (Å²) in [4.78, 5) is 3.96. The molecule has 0 spiro atoms. The van der Waals surface area contributed by atoms with Gasteiger partial charge in [0.05, 0.1) is 2.88 Å². The second kappa shape index (κ2) is 3.59. The van der Waals surface area contributed by atoms with Crippen LogP contribution in [0.25, 0.3) is 11.5 Å². The van der Waals surface area contributed by atoms with Crippen LogP contribution >= 0.6 is 33.9 Å². The summed E-state index contributed by atoms with van der Waals surface area (Å²) >= 11 is 3.79. The lowest BCUT2D eigenvalue weighted by atomic mass is 10.3. The Morgan fingerprint density at radius 1 is 1.64 bits per heavy atom. The zero-order valence-electron chi connectivity index (χ0n) is 6.82. The second-order valence-electron chi connectivity index (χ2n) is 2.48. The number of nitrogens with two attached hydrogens (primary N) is 1. The Labute approximate surface area is 97.5 Å². The van der Waals surface area contributed by atoms with E-state index in [0.717, 1.165) is 8.45 Å². The van der Waals surface area contributed by atoms with Crippen LogP contribution < -0.4 is 5.73 Å². The Morgan fingerprint density at radius 2 is 2.43 bits per heavy atom. The van der Waals surface area contributed by atoms with Gasteiger partial charge in [0.1, 0.15) is 6.07 Å². The van der Waals surface area contributed by atoms with Crippen LogP contribution in [-0.2, 0) is 0 Å². The van der Waals surface area contributed by atoms with Crippen LogP contribution in [0.15, 0.2) is 15.9 Å². The number of thiophene rings is 1. The molecular weight excluding hydrogens is 313 g/mol. The molecule has 14 heavy (non-hydrogen) atoms. The Bertz CT molecular complexity index is 511. The van der Waals surface area contributed by atoms with Crippen molar-refractivity contribution in [1.29, 1.82) is 5.26 Å². The van der Waals surface area contributed by atoms with Crippen LogP contribution in [0.5, 0.6) is 0 Å². The quantitative estimate of drug-likeness (QED) is 0.820. The van der Waals surface area contributed by atoms with Crippen LogP contribution in [0.2, 0.25) is 0 Å². The molecule has 0 atom stereocenters. The second-order valence-corrected chi connectivity index (χ2v) is 5.29. The molecule has 4 nitrogen and oxygen atoms in total. The van der Waals surface area contributed by atoms with Crippen molar-refractivity contribution < 1.29 is 4.42 Å². The Balaban J connectivity index is 2.48. The lowest BCUT2D eigenvalue weighted by molar-refractivity contribution is 0.594. The van der Waals surface area contributed by atoms with Crippen molar-refractivity contribution in [2.45, 2.75) is 0 Å². The number of oxazole rings is 1. The van der Waals surface area contributed by atoms with Gasteiger partial charge in [0.2, 0.25) is 17.5 Å². The minimum atomic E-state index is 0.0729. The molecule has 6 heteroatoms. The molecule has 2 aromatic heterocycles. The zero-order chi connectivity index (χ0) is 10.1. The smallest absolute Gasteiger partial charge is 0.230 e. The maximum atomic E-state index is 8.63. The zero-order valence-corrected chi connectivity index (χ0v) is 9.79. The summed E-state index contributed by atoms with van der Waals surface area (Å²) in [5.41, 5.74) is 6.44. The molecule has 0 bridgehead atoms. The van der Waals surface area contributed by atoms with Crippen molar-refractivity contribution in [2.75, 3.05) is 5.73 Å². The number of nitrogens with zero attached hydrogens (tertiary/aromatic N) is 2. The molecule has 2 rings (SSSR count). The minimum absolute atomic E-state index is 0.0729. The molecule has 0 radical (unpaired) electrons. The van der Waals surface area contributed by atoms with Gasteiger partial charge < -0.3 is 10.2 Å². The highest BCUT2D eigenvalue weighted by Gasteiger charge is 2.12. The van der Waals surface area contributed by atoms with Gasteiger partial charge in [-0.15, -0.1) is 11.3 Å². The van der Waals surface area contributed by atoms with Crippen molar-refractivity contribution in [3.63, 3.8) is 0 Å². The SMILES string of the molecule is N#Cc1nc(-c2csc(I)c2)oc1N.